The second kappa shape index (κ2) is 10.0. The fourth-order valence-corrected chi connectivity index (χ4v) is 3.86. The Morgan fingerprint density at radius 3 is 2.41 bits per heavy atom. The molecule has 1 aliphatic heterocycles. The molecule has 2 aromatic rings. The van der Waals surface area contributed by atoms with Crippen LogP contribution >= 0.6 is 0 Å². The molecule has 3 rings (SSSR count). The Morgan fingerprint density at radius 1 is 1.19 bits per heavy atom. The fourth-order valence-electron chi connectivity index (χ4n) is 3.86. The molecule has 0 atom stereocenters. The molecule has 1 aliphatic rings. The molecule has 0 aliphatic carbocycles. The smallest absolute Gasteiger partial charge is 0.416 e. The summed E-state index contributed by atoms with van der Waals surface area (Å²) in [5.74, 6) is -0.118. The average Bonchev–Trinajstić information content (AvgIpc) is 2.78. The summed E-state index contributed by atoms with van der Waals surface area (Å²) in [7, 11) is 1.52. The summed E-state index contributed by atoms with van der Waals surface area (Å²) in [6.07, 6.45) is 0.00522. The number of alkyl halides is 3. The predicted molar refractivity (Wildman–Crippen MR) is 113 cm³/mol. The van der Waals surface area contributed by atoms with Gasteiger partial charge in [0.15, 0.2) is 0 Å². The van der Waals surface area contributed by atoms with Gasteiger partial charge in [-0.05, 0) is 37.1 Å². The molecule has 9 heteroatoms. The van der Waals surface area contributed by atoms with Gasteiger partial charge in [-0.15, -0.1) is 0 Å². The number of piperidine rings is 1. The molecule has 5 nitrogen and oxygen atoms in total. The van der Waals surface area contributed by atoms with Gasteiger partial charge in [0.05, 0.1) is 24.7 Å². The number of ether oxygens (including phenoxy) is 1. The maximum atomic E-state index is 13.0. The predicted octanol–water partition coefficient (Wildman–Crippen LogP) is 5.50. The lowest BCUT2D eigenvalue weighted by molar-refractivity contribution is -0.137. The number of anilines is 2. The molecule has 1 aromatic heterocycles. The van der Waals surface area contributed by atoms with Crippen molar-refractivity contribution >= 4 is 17.3 Å². The van der Waals surface area contributed by atoms with E-state index < -0.39 is 17.6 Å². The van der Waals surface area contributed by atoms with E-state index in [1.807, 2.05) is 4.90 Å². The van der Waals surface area contributed by atoms with Crippen LogP contribution in [0.5, 0.6) is 5.75 Å². The number of hydrogen-bond donors (Lipinski definition) is 0. The van der Waals surface area contributed by atoms with Crippen LogP contribution in [0.1, 0.15) is 31.2 Å². The van der Waals surface area contributed by atoms with Gasteiger partial charge in [-0.25, -0.2) is 4.39 Å². The molecule has 1 aromatic carbocycles. The van der Waals surface area contributed by atoms with E-state index in [0.717, 1.165) is 12.1 Å². The summed E-state index contributed by atoms with van der Waals surface area (Å²) in [5.41, 5.74) is 0.477. The Bertz CT molecular complexity index is 939. The molecule has 1 fully saturated rings. The van der Waals surface area contributed by atoms with Crippen LogP contribution in [0, 0.1) is 0 Å². The highest BCUT2D eigenvalue weighted by Gasteiger charge is 2.32. The first-order valence-electron chi connectivity index (χ1n) is 10.3. The molecule has 172 valence electrons. The molecule has 1 saturated heterocycles. The minimum absolute atomic E-state index is 0.00330. The molecule has 0 saturated carbocycles. The number of hydrogen-bond acceptors (Lipinski definition) is 4. The molecular weight excluding hydrogens is 426 g/mol. The summed E-state index contributed by atoms with van der Waals surface area (Å²) in [5, 5.41) is 0. The van der Waals surface area contributed by atoms with Gasteiger partial charge >= 0.3 is 6.18 Å². The van der Waals surface area contributed by atoms with E-state index in [4.69, 9.17) is 4.74 Å². The van der Waals surface area contributed by atoms with Gasteiger partial charge in [0.1, 0.15) is 11.4 Å². The van der Waals surface area contributed by atoms with Crippen molar-refractivity contribution in [2.45, 2.75) is 37.9 Å². The third kappa shape index (κ3) is 5.57. The number of methoxy groups -OCH3 is 1. The van der Waals surface area contributed by atoms with Crippen LogP contribution in [0.15, 0.2) is 55.1 Å². The Labute approximate surface area is 184 Å². The van der Waals surface area contributed by atoms with Crippen LogP contribution in [0.4, 0.5) is 28.9 Å². The molecule has 32 heavy (non-hydrogen) atoms. The van der Waals surface area contributed by atoms with Crippen molar-refractivity contribution < 1.29 is 27.1 Å². The van der Waals surface area contributed by atoms with Crippen molar-refractivity contribution in [2.75, 3.05) is 25.1 Å². The van der Waals surface area contributed by atoms with Gasteiger partial charge in [0.2, 0.25) is 5.91 Å². The highest BCUT2D eigenvalue weighted by atomic mass is 19.4. The van der Waals surface area contributed by atoms with Crippen LogP contribution in [-0.4, -0.2) is 42.0 Å². The maximum Gasteiger partial charge on any atom is 0.416 e. The van der Waals surface area contributed by atoms with E-state index in [1.165, 1.54) is 19.2 Å². The number of aromatic nitrogens is 1. The average molecular weight is 451 g/mol. The number of carbonyl (C=O) groups is 1. The van der Waals surface area contributed by atoms with E-state index in [1.54, 1.807) is 23.4 Å². The standard InChI is InChI=1S/C23H25F4N3O2/c1-16(24)3-8-22(31)29-13-10-19(11-14-29)30(20-15-28-12-9-21(20)32-2)18-6-4-17(5-7-18)23(25,26)27/h4-7,9,12,15,19H,1,3,8,10-11,13-14H2,2H3. The lowest BCUT2D eigenvalue weighted by Gasteiger charge is -2.40. The SMILES string of the molecule is C=C(F)CCC(=O)N1CCC(N(c2ccc(C(F)(F)F)cc2)c2cnccc2OC)CC1. The Morgan fingerprint density at radius 2 is 1.84 bits per heavy atom. The summed E-state index contributed by atoms with van der Waals surface area (Å²) >= 11 is 0. The van der Waals surface area contributed by atoms with Gasteiger partial charge in [0.25, 0.3) is 0 Å². The van der Waals surface area contributed by atoms with E-state index >= 15 is 0 Å². The van der Waals surface area contributed by atoms with Crippen LogP contribution < -0.4 is 9.64 Å². The molecule has 1 amide bonds. The lowest BCUT2D eigenvalue weighted by Crippen LogP contribution is -2.45. The lowest BCUT2D eigenvalue weighted by atomic mass is 10.0. The van der Waals surface area contributed by atoms with Crippen LogP contribution in [0.3, 0.4) is 0 Å². The van der Waals surface area contributed by atoms with Crippen molar-refractivity contribution in [3.8, 4) is 5.75 Å². The van der Waals surface area contributed by atoms with E-state index in [9.17, 15) is 22.4 Å². The first-order chi connectivity index (χ1) is 15.2. The number of allylic oxidation sites excluding steroid dienone is 1. The first-order valence-corrected chi connectivity index (χ1v) is 10.3. The minimum atomic E-state index is -4.42. The zero-order chi connectivity index (χ0) is 23.3. The number of halogens is 4. The second-order valence-electron chi connectivity index (χ2n) is 7.59. The van der Waals surface area contributed by atoms with Gasteiger partial charge in [-0.3, -0.25) is 9.78 Å². The quantitative estimate of drug-likeness (QED) is 0.522. The number of benzene rings is 1. The minimum Gasteiger partial charge on any atom is -0.494 e. The fraction of sp³-hybridized carbons (Fsp3) is 0.391. The number of pyridine rings is 1. The van der Waals surface area contributed by atoms with Crippen LogP contribution in [0.2, 0.25) is 0 Å². The first kappa shape index (κ1) is 23.6. The molecule has 2 heterocycles. The molecular formula is C23H25F4N3O2. The highest BCUT2D eigenvalue weighted by Crippen LogP contribution is 2.39. The molecule has 0 radical (unpaired) electrons. The third-order valence-corrected chi connectivity index (χ3v) is 5.51. The van der Waals surface area contributed by atoms with Gasteiger partial charge in [-0.2, -0.15) is 13.2 Å². The van der Waals surface area contributed by atoms with E-state index in [-0.39, 0.29) is 24.8 Å². The summed E-state index contributed by atoms with van der Waals surface area (Å²) in [4.78, 5) is 20.1. The summed E-state index contributed by atoms with van der Waals surface area (Å²) in [6, 6.07) is 6.56. The second-order valence-corrected chi connectivity index (χ2v) is 7.59. The molecule has 0 spiro atoms. The summed E-state index contributed by atoms with van der Waals surface area (Å²) < 4.78 is 57.5. The van der Waals surface area contributed by atoms with Crippen molar-refractivity contribution in [2.24, 2.45) is 0 Å². The topological polar surface area (TPSA) is 45.7 Å². The number of likely N-dealkylation sites (tertiary alicyclic amines) is 1. The zero-order valence-corrected chi connectivity index (χ0v) is 17.7. The molecule has 0 unspecified atom stereocenters. The van der Waals surface area contributed by atoms with Crippen LogP contribution in [0.25, 0.3) is 0 Å². The number of rotatable bonds is 7. The normalized spacial score (nSPS) is 14.8. The number of amides is 1. The van der Waals surface area contributed by atoms with Gasteiger partial charge in [0, 0.05) is 49.9 Å². The van der Waals surface area contributed by atoms with Gasteiger partial charge < -0.3 is 14.5 Å². The van der Waals surface area contributed by atoms with Crippen molar-refractivity contribution in [1.82, 2.24) is 9.88 Å². The van der Waals surface area contributed by atoms with Crippen molar-refractivity contribution in [3.63, 3.8) is 0 Å². The monoisotopic (exact) mass is 451 g/mol. The van der Waals surface area contributed by atoms with E-state index in [2.05, 4.69) is 11.6 Å². The highest BCUT2D eigenvalue weighted by molar-refractivity contribution is 5.76. The number of nitrogens with zero attached hydrogens (tertiary/aromatic N) is 3. The Balaban J connectivity index is 1.85. The van der Waals surface area contributed by atoms with Crippen molar-refractivity contribution in [1.29, 1.82) is 0 Å². The largest absolute Gasteiger partial charge is 0.494 e. The Kier molecular flexibility index (Phi) is 7.37. The van der Waals surface area contributed by atoms with Crippen LogP contribution in [-0.2, 0) is 11.0 Å². The number of carbonyl (C=O) groups excluding carboxylic acids is 1. The Hall–Kier alpha value is -3.10. The van der Waals surface area contributed by atoms with Crippen molar-refractivity contribution in [3.05, 3.63) is 60.7 Å². The van der Waals surface area contributed by atoms with Gasteiger partial charge in [-0.1, -0.05) is 6.58 Å². The summed E-state index contributed by atoms with van der Waals surface area (Å²) in [6.45, 7) is 4.10. The third-order valence-electron chi connectivity index (χ3n) is 5.51. The van der Waals surface area contributed by atoms with E-state index in [0.29, 0.717) is 43.1 Å². The zero-order valence-electron chi connectivity index (χ0n) is 17.7. The molecule has 0 bridgehead atoms. The molecule has 0 N–H and O–H groups in total. The maximum absolute atomic E-state index is 13.0.